The van der Waals surface area contributed by atoms with Crippen molar-refractivity contribution in [3.05, 3.63) is 36.4 Å². The fraction of sp³-hybridized carbons (Fsp3) is 0.286. The Labute approximate surface area is 121 Å². The van der Waals surface area contributed by atoms with E-state index in [-0.39, 0.29) is 5.82 Å². The molecule has 0 amide bonds. The number of halogens is 2. The number of anilines is 2. The Kier molecular flexibility index (Phi) is 4.64. The fourth-order valence-corrected chi connectivity index (χ4v) is 1.66. The molecule has 7 heteroatoms. The van der Waals surface area contributed by atoms with E-state index in [0.29, 0.717) is 11.6 Å². The van der Waals surface area contributed by atoms with Crippen LogP contribution < -0.4 is 10.6 Å². The summed E-state index contributed by atoms with van der Waals surface area (Å²) in [6.45, 7) is -1.91. The number of aliphatic hydroxyl groups is 1. The Hall–Kier alpha value is -2.28. The lowest BCUT2D eigenvalue weighted by molar-refractivity contribution is -0.0373. The summed E-state index contributed by atoms with van der Waals surface area (Å²) in [6, 6.07) is 10.8. The summed E-state index contributed by atoms with van der Waals surface area (Å²) in [5.41, 5.74) is 0.784. The average Bonchev–Trinajstić information content (AvgIpc) is 2.53. The molecule has 0 bridgehead atoms. The topological polar surface area (TPSA) is 70.1 Å². The standard InChI is InChI=1S/C14H16F2N4O/c1-17-11-7-12(18-8-14(15,16)9-21)20-13(19-11)10-5-3-2-4-6-10/h2-7,21H,8-9H2,1H3,(H2,17,18,19,20). The third-order valence-corrected chi connectivity index (χ3v) is 2.77. The highest BCUT2D eigenvalue weighted by Gasteiger charge is 2.27. The molecule has 112 valence electrons. The minimum absolute atomic E-state index is 0.265. The lowest BCUT2D eigenvalue weighted by atomic mass is 10.2. The van der Waals surface area contributed by atoms with Crippen molar-refractivity contribution in [2.24, 2.45) is 0 Å². The van der Waals surface area contributed by atoms with Crippen LogP contribution in [0.3, 0.4) is 0 Å². The van der Waals surface area contributed by atoms with Gasteiger partial charge in [0.25, 0.3) is 5.92 Å². The maximum absolute atomic E-state index is 13.1. The number of aromatic nitrogens is 2. The minimum Gasteiger partial charge on any atom is -0.390 e. The van der Waals surface area contributed by atoms with E-state index in [1.165, 1.54) is 6.07 Å². The molecular formula is C14H16F2N4O. The van der Waals surface area contributed by atoms with Crippen LogP contribution in [0.1, 0.15) is 0 Å². The van der Waals surface area contributed by atoms with E-state index in [1.54, 1.807) is 7.05 Å². The number of hydrogen-bond donors (Lipinski definition) is 3. The molecule has 0 fully saturated rings. The second-order valence-electron chi connectivity index (χ2n) is 4.45. The summed E-state index contributed by atoms with van der Waals surface area (Å²) < 4.78 is 26.1. The van der Waals surface area contributed by atoms with Gasteiger partial charge in [-0.1, -0.05) is 30.3 Å². The van der Waals surface area contributed by atoms with Gasteiger partial charge in [0.15, 0.2) is 5.82 Å². The van der Waals surface area contributed by atoms with Gasteiger partial charge in [0.05, 0.1) is 6.54 Å². The summed E-state index contributed by atoms with van der Waals surface area (Å²) >= 11 is 0. The van der Waals surface area contributed by atoms with Gasteiger partial charge in [0.1, 0.15) is 18.2 Å². The van der Waals surface area contributed by atoms with Crippen molar-refractivity contribution in [3.63, 3.8) is 0 Å². The van der Waals surface area contributed by atoms with Crippen molar-refractivity contribution in [1.29, 1.82) is 0 Å². The Morgan fingerprint density at radius 1 is 1.14 bits per heavy atom. The molecule has 0 radical (unpaired) electrons. The van der Waals surface area contributed by atoms with Crippen molar-refractivity contribution in [2.45, 2.75) is 5.92 Å². The Balaban J connectivity index is 2.26. The van der Waals surface area contributed by atoms with Crippen molar-refractivity contribution in [3.8, 4) is 11.4 Å². The third-order valence-electron chi connectivity index (χ3n) is 2.77. The lowest BCUT2D eigenvalue weighted by Gasteiger charge is -2.15. The summed E-state index contributed by atoms with van der Waals surface area (Å²) in [5.74, 6) is -1.99. The van der Waals surface area contributed by atoms with Gasteiger partial charge in [-0.2, -0.15) is 0 Å². The monoisotopic (exact) mass is 294 g/mol. The normalized spacial score (nSPS) is 11.2. The maximum atomic E-state index is 13.1. The summed E-state index contributed by atoms with van der Waals surface area (Å²) in [4.78, 5) is 8.50. The molecule has 0 saturated heterocycles. The van der Waals surface area contributed by atoms with Gasteiger partial charge in [-0.25, -0.2) is 18.7 Å². The van der Waals surface area contributed by atoms with Crippen LogP contribution >= 0.6 is 0 Å². The zero-order valence-electron chi connectivity index (χ0n) is 11.5. The molecule has 0 aliphatic rings. The first-order chi connectivity index (χ1) is 10.0. The first-order valence-electron chi connectivity index (χ1n) is 6.39. The van der Waals surface area contributed by atoms with E-state index in [1.807, 2.05) is 30.3 Å². The predicted molar refractivity (Wildman–Crippen MR) is 77.5 cm³/mol. The maximum Gasteiger partial charge on any atom is 0.287 e. The van der Waals surface area contributed by atoms with Crippen LogP contribution in [0.4, 0.5) is 20.4 Å². The van der Waals surface area contributed by atoms with Crippen LogP contribution in [0.25, 0.3) is 11.4 Å². The number of rotatable bonds is 6. The predicted octanol–water partition coefficient (Wildman–Crippen LogP) is 2.22. The van der Waals surface area contributed by atoms with Gasteiger partial charge in [0, 0.05) is 18.7 Å². The van der Waals surface area contributed by atoms with E-state index in [0.717, 1.165) is 5.56 Å². The number of nitrogens with zero attached hydrogens (tertiary/aromatic N) is 2. The molecule has 0 saturated carbocycles. The summed E-state index contributed by atoms with van der Waals surface area (Å²) in [7, 11) is 1.68. The zero-order chi connectivity index (χ0) is 15.3. The van der Waals surface area contributed by atoms with E-state index in [2.05, 4.69) is 20.6 Å². The van der Waals surface area contributed by atoms with Crippen LogP contribution in [0.15, 0.2) is 36.4 Å². The van der Waals surface area contributed by atoms with E-state index < -0.39 is 19.1 Å². The second kappa shape index (κ2) is 6.45. The average molecular weight is 294 g/mol. The van der Waals surface area contributed by atoms with Crippen molar-refractivity contribution in [2.75, 3.05) is 30.8 Å². The van der Waals surface area contributed by atoms with Gasteiger partial charge >= 0.3 is 0 Å². The third kappa shape index (κ3) is 4.09. The number of hydrogen-bond acceptors (Lipinski definition) is 5. The van der Waals surface area contributed by atoms with E-state index in [9.17, 15) is 8.78 Å². The molecular weight excluding hydrogens is 278 g/mol. The van der Waals surface area contributed by atoms with Gasteiger partial charge in [-0.15, -0.1) is 0 Å². The van der Waals surface area contributed by atoms with Crippen molar-refractivity contribution >= 4 is 11.6 Å². The Morgan fingerprint density at radius 2 is 1.81 bits per heavy atom. The summed E-state index contributed by atoms with van der Waals surface area (Å²) in [6.07, 6.45) is 0. The van der Waals surface area contributed by atoms with E-state index >= 15 is 0 Å². The first-order valence-corrected chi connectivity index (χ1v) is 6.39. The molecule has 0 unspecified atom stereocenters. The van der Waals surface area contributed by atoms with Gasteiger partial charge < -0.3 is 15.7 Å². The number of nitrogens with one attached hydrogen (secondary N) is 2. The molecule has 3 N–H and O–H groups in total. The Morgan fingerprint density at radius 3 is 2.43 bits per heavy atom. The molecule has 0 atom stereocenters. The highest BCUT2D eigenvalue weighted by molar-refractivity contribution is 5.61. The fourth-order valence-electron chi connectivity index (χ4n) is 1.66. The molecule has 1 aromatic heterocycles. The second-order valence-corrected chi connectivity index (χ2v) is 4.45. The largest absolute Gasteiger partial charge is 0.390 e. The van der Waals surface area contributed by atoms with E-state index in [4.69, 9.17) is 5.11 Å². The quantitative estimate of drug-likeness (QED) is 0.762. The first kappa shape index (κ1) is 15.1. The molecule has 1 heterocycles. The van der Waals surface area contributed by atoms with Gasteiger partial charge in [-0.3, -0.25) is 0 Å². The molecule has 21 heavy (non-hydrogen) atoms. The van der Waals surface area contributed by atoms with Crippen molar-refractivity contribution in [1.82, 2.24) is 9.97 Å². The van der Waals surface area contributed by atoms with Crippen LogP contribution in [0.5, 0.6) is 0 Å². The molecule has 0 aliphatic heterocycles. The number of aliphatic hydroxyl groups excluding tert-OH is 1. The summed E-state index contributed by atoms with van der Waals surface area (Å²) in [5, 5.41) is 14.0. The highest BCUT2D eigenvalue weighted by Crippen LogP contribution is 2.21. The van der Waals surface area contributed by atoms with Crippen LogP contribution in [-0.2, 0) is 0 Å². The van der Waals surface area contributed by atoms with Crippen molar-refractivity contribution < 1.29 is 13.9 Å². The van der Waals surface area contributed by atoms with Crippen LogP contribution in [-0.4, -0.2) is 41.2 Å². The molecule has 0 aliphatic carbocycles. The minimum atomic E-state index is -3.20. The molecule has 1 aromatic carbocycles. The van der Waals surface area contributed by atoms with Crippen LogP contribution in [0, 0.1) is 0 Å². The number of benzene rings is 1. The number of alkyl halides is 2. The van der Waals surface area contributed by atoms with Gasteiger partial charge in [-0.05, 0) is 0 Å². The molecule has 2 aromatic rings. The highest BCUT2D eigenvalue weighted by atomic mass is 19.3. The molecule has 0 spiro atoms. The van der Waals surface area contributed by atoms with Gasteiger partial charge in [0.2, 0.25) is 0 Å². The lowest BCUT2D eigenvalue weighted by Crippen LogP contribution is -2.31. The Bertz CT molecular complexity index is 593. The molecule has 5 nitrogen and oxygen atoms in total. The zero-order valence-corrected chi connectivity index (χ0v) is 11.5. The smallest absolute Gasteiger partial charge is 0.287 e. The van der Waals surface area contributed by atoms with Crippen LogP contribution in [0.2, 0.25) is 0 Å². The molecule has 2 rings (SSSR count). The SMILES string of the molecule is CNc1cc(NCC(F)(F)CO)nc(-c2ccccc2)n1.